The van der Waals surface area contributed by atoms with Gasteiger partial charge in [0.15, 0.2) is 5.69 Å². The first-order chi connectivity index (χ1) is 9.13. The van der Waals surface area contributed by atoms with Crippen molar-refractivity contribution < 1.29 is 9.53 Å². The van der Waals surface area contributed by atoms with Crippen molar-refractivity contribution in [2.45, 2.75) is 19.8 Å². The van der Waals surface area contributed by atoms with Crippen molar-refractivity contribution >= 4 is 5.97 Å². The third-order valence-electron chi connectivity index (χ3n) is 3.05. The predicted molar refractivity (Wildman–Crippen MR) is 75.1 cm³/mol. The summed E-state index contributed by atoms with van der Waals surface area (Å²) in [5.41, 5.74) is 3.37. The van der Waals surface area contributed by atoms with E-state index in [1.54, 1.807) is 6.20 Å². The second-order valence-corrected chi connectivity index (χ2v) is 4.67. The Morgan fingerprint density at radius 3 is 2.68 bits per heavy atom. The first kappa shape index (κ1) is 13.3. The Kier molecular flexibility index (Phi) is 3.95. The standard InChI is InChI=1S/C16H17NO2/c1-11(2)12-6-4-7-13(10-12)14-8-5-9-17-15(14)16(18)19-3/h4-11H,1-3H3. The molecule has 19 heavy (non-hydrogen) atoms. The molecule has 0 saturated heterocycles. The van der Waals surface area contributed by atoms with Gasteiger partial charge >= 0.3 is 5.97 Å². The molecule has 0 atom stereocenters. The van der Waals surface area contributed by atoms with Crippen molar-refractivity contribution in [3.63, 3.8) is 0 Å². The van der Waals surface area contributed by atoms with Crippen LogP contribution in [0.4, 0.5) is 0 Å². The van der Waals surface area contributed by atoms with Gasteiger partial charge in [0.25, 0.3) is 0 Å². The maximum absolute atomic E-state index is 11.7. The normalized spacial score (nSPS) is 10.5. The Morgan fingerprint density at radius 1 is 1.21 bits per heavy atom. The number of carbonyl (C=O) groups is 1. The second kappa shape index (κ2) is 5.65. The number of rotatable bonds is 3. The molecule has 2 aromatic rings. The Balaban J connectivity index is 2.53. The predicted octanol–water partition coefficient (Wildman–Crippen LogP) is 3.66. The Hall–Kier alpha value is -2.16. The molecule has 1 aromatic heterocycles. The number of benzene rings is 1. The lowest BCUT2D eigenvalue weighted by Crippen LogP contribution is -2.06. The molecule has 0 aliphatic rings. The molecule has 0 unspecified atom stereocenters. The molecule has 3 heteroatoms. The van der Waals surface area contributed by atoms with Gasteiger partial charge in [-0.05, 0) is 23.1 Å². The van der Waals surface area contributed by atoms with Crippen molar-refractivity contribution in [2.24, 2.45) is 0 Å². The van der Waals surface area contributed by atoms with Gasteiger partial charge in [0.1, 0.15) is 0 Å². The summed E-state index contributed by atoms with van der Waals surface area (Å²) >= 11 is 0. The number of carbonyl (C=O) groups excluding carboxylic acids is 1. The smallest absolute Gasteiger partial charge is 0.357 e. The van der Waals surface area contributed by atoms with Gasteiger partial charge in [0, 0.05) is 11.8 Å². The molecule has 1 heterocycles. The summed E-state index contributed by atoms with van der Waals surface area (Å²) in [7, 11) is 1.37. The zero-order valence-electron chi connectivity index (χ0n) is 11.4. The molecular formula is C16H17NO2. The van der Waals surface area contributed by atoms with E-state index in [1.807, 2.05) is 24.3 Å². The minimum Gasteiger partial charge on any atom is -0.464 e. The molecule has 2 rings (SSSR count). The summed E-state index contributed by atoms with van der Waals surface area (Å²) < 4.78 is 4.77. The van der Waals surface area contributed by atoms with Crippen LogP contribution < -0.4 is 0 Å². The molecule has 1 aromatic carbocycles. The van der Waals surface area contributed by atoms with Gasteiger partial charge in [-0.2, -0.15) is 0 Å². The Labute approximate surface area is 113 Å². The molecule has 0 saturated carbocycles. The molecule has 0 fully saturated rings. The summed E-state index contributed by atoms with van der Waals surface area (Å²) in [5, 5.41) is 0. The number of hydrogen-bond donors (Lipinski definition) is 0. The molecule has 3 nitrogen and oxygen atoms in total. The van der Waals surface area contributed by atoms with E-state index in [4.69, 9.17) is 4.74 Å². The highest BCUT2D eigenvalue weighted by molar-refractivity contribution is 5.95. The molecule has 0 bridgehead atoms. The Bertz CT molecular complexity index is 591. The van der Waals surface area contributed by atoms with Crippen LogP contribution in [0.3, 0.4) is 0 Å². The number of pyridine rings is 1. The van der Waals surface area contributed by atoms with Gasteiger partial charge in [-0.3, -0.25) is 0 Å². The number of aromatic nitrogens is 1. The minimum absolute atomic E-state index is 0.353. The average molecular weight is 255 g/mol. The SMILES string of the molecule is COC(=O)c1ncccc1-c1cccc(C(C)C)c1. The van der Waals surface area contributed by atoms with Crippen molar-refractivity contribution in [2.75, 3.05) is 7.11 Å². The summed E-state index contributed by atoms with van der Waals surface area (Å²) in [6.45, 7) is 4.28. The van der Waals surface area contributed by atoms with Gasteiger partial charge < -0.3 is 4.74 Å². The molecule has 0 aliphatic heterocycles. The second-order valence-electron chi connectivity index (χ2n) is 4.67. The third kappa shape index (κ3) is 2.81. The molecule has 0 amide bonds. The number of ether oxygens (including phenoxy) is 1. The fraction of sp³-hybridized carbons (Fsp3) is 0.250. The van der Waals surface area contributed by atoms with Crippen LogP contribution in [-0.4, -0.2) is 18.1 Å². The van der Waals surface area contributed by atoms with Crippen LogP contribution in [0.2, 0.25) is 0 Å². The lowest BCUT2D eigenvalue weighted by atomic mass is 9.97. The number of methoxy groups -OCH3 is 1. The molecule has 0 radical (unpaired) electrons. The van der Waals surface area contributed by atoms with E-state index in [2.05, 4.69) is 31.0 Å². The fourth-order valence-electron chi connectivity index (χ4n) is 1.96. The van der Waals surface area contributed by atoms with E-state index in [9.17, 15) is 4.79 Å². The van der Waals surface area contributed by atoms with Gasteiger partial charge in [0.2, 0.25) is 0 Å². The van der Waals surface area contributed by atoms with Gasteiger partial charge in [-0.15, -0.1) is 0 Å². The molecule has 98 valence electrons. The van der Waals surface area contributed by atoms with Crippen LogP contribution in [0.15, 0.2) is 42.6 Å². The largest absolute Gasteiger partial charge is 0.464 e. The van der Waals surface area contributed by atoms with Gasteiger partial charge in [0.05, 0.1) is 7.11 Å². The van der Waals surface area contributed by atoms with Crippen LogP contribution in [0.25, 0.3) is 11.1 Å². The van der Waals surface area contributed by atoms with E-state index in [-0.39, 0.29) is 0 Å². The van der Waals surface area contributed by atoms with E-state index < -0.39 is 5.97 Å². The summed E-state index contributed by atoms with van der Waals surface area (Å²) in [5.74, 6) is 0.0312. The maximum Gasteiger partial charge on any atom is 0.357 e. The van der Waals surface area contributed by atoms with Crippen LogP contribution in [0.5, 0.6) is 0 Å². The van der Waals surface area contributed by atoms with Crippen LogP contribution >= 0.6 is 0 Å². The monoisotopic (exact) mass is 255 g/mol. The number of hydrogen-bond acceptors (Lipinski definition) is 3. The van der Waals surface area contributed by atoms with E-state index in [1.165, 1.54) is 12.7 Å². The highest BCUT2D eigenvalue weighted by Crippen LogP contribution is 2.26. The van der Waals surface area contributed by atoms with E-state index in [0.29, 0.717) is 11.6 Å². The first-order valence-electron chi connectivity index (χ1n) is 6.27. The molecule has 0 aliphatic carbocycles. The van der Waals surface area contributed by atoms with Crippen molar-refractivity contribution in [1.29, 1.82) is 0 Å². The number of nitrogens with zero attached hydrogens (tertiary/aromatic N) is 1. The van der Waals surface area contributed by atoms with Crippen LogP contribution in [-0.2, 0) is 4.74 Å². The highest BCUT2D eigenvalue weighted by atomic mass is 16.5. The quantitative estimate of drug-likeness (QED) is 0.786. The average Bonchev–Trinajstić information content (AvgIpc) is 2.46. The topological polar surface area (TPSA) is 39.2 Å². The highest BCUT2D eigenvalue weighted by Gasteiger charge is 2.14. The number of esters is 1. The van der Waals surface area contributed by atoms with Crippen LogP contribution in [0, 0.1) is 0 Å². The van der Waals surface area contributed by atoms with Gasteiger partial charge in [-0.25, -0.2) is 9.78 Å². The third-order valence-corrected chi connectivity index (χ3v) is 3.05. The molecule has 0 N–H and O–H groups in total. The molecular weight excluding hydrogens is 238 g/mol. The zero-order chi connectivity index (χ0) is 13.8. The van der Waals surface area contributed by atoms with E-state index in [0.717, 1.165) is 11.1 Å². The van der Waals surface area contributed by atoms with E-state index >= 15 is 0 Å². The molecule has 0 spiro atoms. The van der Waals surface area contributed by atoms with Crippen molar-refractivity contribution in [1.82, 2.24) is 4.98 Å². The van der Waals surface area contributed by atoms with Crippen molar-refractivity contribution in [3.05, 3.63) is 53.9 Å². The van der Waals surface area contributed by atoms with Crippen molar-refractivity contribution in [3.8, 4) is 11.1 Å². The summed E-state index contributed by atoms with van der Waals surface area (Å²) in [6, 6.07) is 11.9. The summed E-state index contributed by atoms with van der Waals surface area (Å²) in [4.78, 5) is 15.9. The lowest BCUT2D eigenvalue weighted by molar-refractivity contribution is 0.0595. The lowest BCUT2D eigenvalue weighted by Gasteiger charge is -2.10. The summed E-state index contributed by atoms with van der Waals surface area (Å²) in [6.07, 6.45) is 1.60. The zero-order valence-corrected chi connectivity index (χ0v) is 11.4. The maximum atomic E-state index is 11.7. The van der Waals surface area contributed by atoms with Gasteiger partial charge in [-0.1, -0.05) is 44.2 Å². The Morgan fingerprint density at radius 2 is 2.00 bits per heavy atom. The minimum atomic E-state index is -0.412. The fourth-order valence-corrected chi connectivity index (χ4v) is 1.96. The first-order valence-corrected chi connectivity index (χ1v) is 6.27. The van der Waals surface area contributed by atoms with Crippen LogP contribution in [0.1, 0.15) is 35.8 Å².